The highest BCUT2D eigenvalue weighted by molar-refractivity contribution is 5.08. The summed E-state index contributed by atoms with van der Waals surface area (Å²) < 4.78 is 2.26. The quantitative estimate of drug-likeness (QED) is 0.787. The van der Waals surface area contributed by atoms with Gasteiger partial charge < -0.3 is 10.3 Å². The molecule has 0 amide bonds. The Morgan fingerprint density at radius 2 is 2.13 bits per heavy atom. The van der Waals surface area contributed by atoms with Crippen LogP contribution in [0.1, 0.15) is 43.8 Å². The fourth-order valence-corrected chi connectivity index (χ4v) is 2.52. The third kappa shape index (κ3) is 1.57. The molecule has 0 saturated heterocycles. The van der Waals surface area contributed by atoms with Gasteiger partial charge in [-0.3, -0.25) is 0 Å². The maximum absolute atomic E-state index is 5.99. The van der Waals surface area contributed by atoms with Crippen LogP contribution in [0.3, 0.4) is 0 Å². The Morgan fingerprint density at radius 1 is 1.33 bits per heavy atom. The molecule has 0 radical (unpaired) electrons. The first kappa shape index (κ1) is 9.33. The van der Waals surface area contributed by atoms with Crippen molar-refractivity contribution in [1.29, 1.82) is 0 Å². The number of rotatable bonds is 2. The van der Waals surface area contributed by atoms with Crippen LogP contribution in [0.4, 0.5) is 0 Å². The Hall–Kier alpha value is -0.900. The third-order valence-electron chi connectivity index (χ3n) is 3.75. The molecule has 2 N–H and O–H groups in total. The Morgan fingerprint density at radius 3 is 2.87 bits per heavy atom. The Kier molecular flexibility index (Phi) is 2.06. The zero-order chi connectivity index (χ0) is 10.4. The molecule has 1 fully saturated rings. The Balaban J connectivity index is 1.91. The van der Waals surface area contributed by atoms with Gasteiger partial charge in [0, 0.05) is 24.9 Å². The minimum absolute atomic E-state index is 0.290. The molecule has 15 heavy (non-hydrogen) atoms. The van der Waals surface area contributed by atoms with Gasteiger partial charge in [-0.15, -0.1) is 10.2 Å². The number of hydrogen-bond acceptors (Lipinski definition) is 3. The first-order valence-corrected chi connectivity index (χ1v) is 5.93. The summed E-state index contributed by atoms with van der Waals surface area (Å²) in [5.41, 5.74) is 5.99. The molecular weight excluding hydrogens is 188 g/mol. The lowest BCUT2D eigenvalue weighted by Crippen LogP contribution is -2.33. The van der Waals surface area contributed by atoms with Gasteiger partial charge in [-0.1, -0.05) is 6.92 Å². The topological polar surface area (TPSA) is 56.7 Å². The summed E-state index contributed by atoms with van der Waals surface area (Å²) in [5.74, 6) is 3.72. The largest absolute Gasteiger partial charge is 0.326 e. The van der Waals surface area contributed by atoms with E-state index >= 15 is 0 Å². The summed E-state index contributed by atoms with van der Waals surface area (Å²) >= 11 is 0. The summed E-state index contributed by atoms with van der Waals surface area (Å²) in [6.07, 6.45) is 4.76. The number of aryl methyl sites for hydroxylation is 1. The van der Waals surface area contributed by atoms with Crippen LogP contribution < -0.4 is 5.73 Å². The van der Waals surface area contributed by atoms with Gasteiger partial charge in [0.05, 0.1) is 0 Å². The number of nitrogens with zero attached hydrogens (tertiary/aromatic N) is 3. The number of aromatic nitrogens is 3. The predicted octanol–water partition coefficient (Wildman–Crippen LogP) is 1.07. The molecule has 2 unspecified atom stereocenters. The fourth-order valence-electron chi connectivity index (χ4n) is 2.52. The lowest BCUT2D eigenvalue weighted by Gasteiger charge is -2.22. The fraction of sp³-hybridized carbons (Fsp3) is 0.818. The van der Waals surface area contributed by atoms with Crippen molar-refractivity contribution in [1.82, 2.24) is 14.8 Å². The van der Waals surface area contributed by atoms with Gasteiger partial charge in [0.15, 0.2) is 0 Å². The third-order valence-corrected chi connectivity index (χ3v) is 3.75. The predicted molar refractivity (Wildman–Crippen MR) is 57.5 cm³/mol. The summed E-state index contributed by atoms with van der Waals surface area (Å²) in [6, 6.07) is 0.290. The van der Waals surface area contributed by atoms with E-state index in [0.29, 0.717) is 12.0 Å². The van der Waals surface area contributed by atoms with Crippen molar-refractivity contribution in [2.75, 3.05) is 0 Å². The number of hydrogen-bond donors (Lipinski definition) is 1. The van der Waals surface area contributed by atoms with Gasteiger partial charge in [-0.05, 0) is 25.2 Å². The van der Waals surface area contributed by atoms with Crippen LogP contribution in [-0.4, -0.2) is 20.8 Å². The SMILES string of the molecule is CC(c1nnc2n1CC(N)CC2)C1CC1. The van der Waals surface area contributed by atoms with E-state index in [1.54, 1.807) is 0 Å². The molecule has 2 aliphatic rings. The van der Waals surface area contributed by atoms with E-state index in [4.69, 9.17) is 5.73 Å². The second-order valence-electron chi connectivity index (χ2n) is 5.01. The van der Waals surface area contributed by atoms with Gasteiger partial charge in [-0.2, -0.15) is 0 Å². The van der Waals surface area contributed by atoms with E-state index in [9.17, 15) is 0 Å². The van der Waals surface area contributed by atoms with Crippen molar-refractivity contribution in [3.05, 3.63) is 11.6 Å². The summed E-state index contributed by atoms with van der Waals surface area (Å²) in [7, 11) is 0. The molecule has 2 heterocycles. The molecule has 4 heteroatoms. The smallest absolute Gasteiger partial charge is 0.136 e. The van der Waals surface area contributed by atoms with E-state index in [1.807, 2.05) is 0 Å². The molecular formula is C11H18N4. The molecule has 3 rings (SSSR count). The van der Waals surface area contributed by atoms with Crippen molar-refractivity contribution in [3.63, 3.8) is 0 Å². The highest BCUT2D eigenvalue weighted by atomic mass is 15.3. The number of fused-ring (bicyclic) bond motifs is 1. The van der Waals surface area contributed by atoms with Crippen molar-refractivity contribution in [3.8, 4) is 0 Å². The van der Waals surface area contributed by atoms with E-state index in [0.717, 1.165) is 31.1 Å². The van der Waals surface area contributed by atoms with E-state index in [2.05, 4.69) is 21.7 Å². The molecule has 1 aliphatic heterocycles. The first-order valence-electron chi connectivity index (χ1n) is 5.93. The minimum Gasteiger partial charge on any atom is -0.326 e. The highest BCUT2D eigenvalue weighted by Crippen LogP contribution is 2.41. The zero-order valence-electron chi connectivity index (χ0n) is 9.19. The molecule has 1 saturated carbocycles. The van der Waals surface area contributed by atoms with Crippen molar-refractivity contribution in [2.24, 2.45) is 11.7 Å². The standard InChI is InChI=1S/C11H18N4/c1-7(8-2-3-8)11-14-13-10-5-4-9(12)6-15(10)11/h7-9H,2-6,12H2,1H3. The van der Waals surface area contributed by atoms with Crippen molar-refractivity contribution >= 4 is 0 Å². The lowest BCUT2D eigenvalue weighted by molar-refractivity contribution is 0.430. The number of nitrogens with two attached hydrogens (primary N) is 1. The van der Waals surface area contributed by atoms with Gasteiger partial charge >= 0.3 is 0 Å². The second kappa shape index (κ2) is 3.30. The highest BCUT2D eigenvalue weighted by Gasteiger charge is 2.33. The normalized spacial score (nSPS) is 27.5. The van der Waals surface area contributed by atoms with Crippen LogP contribution in [0, 0.1) is 5.92 Å². The molecule has 1 aliphatic carbocycles. The van der Waals surface area contributed by atoms with E-state index in [-0.39, 0.29) is 0 Å². The summed E-state index contributed by atoms with van der Waals surface area (Å²) in [6.45, 7) is 3.18. The summed E-state index contributed by atoms with van der Waals surface area (Å²) in [4.78, 5) is 0. The van der Waals surface area contributed by atoms with Gasteiger partial charge in [0.1, 0.15) is 11.6 Å². The molecule has 0 aromatic carbocycles. The molecule has 82 valence electrons. The average molecular weight is 206 g/mol. The Labute approximate surface area is 89.9 Å². The van der Waals surface area contributed by atoms with Crippen molar-refractivity contribution < 1.29 is 0 Å². The Bertz CT molecular complexity index is 367. The maximum atomic E-state index is 5.99. The zero-order valence-corrected chi connectivity index (χ0v) is 9.19. The first-order chi connectivity index (χ1) is 7.25. The average Bonchev–Trinajstić information content (AvgIpc) is 2.98. The van der Waals surface area contributed by atoms with Crippen LogP contribution in [0.5, 0.6) is 0 Å². The van der Waals surface area contributed by atoms with Crippen LogP contribution in [0.25, 0.3) is 0 Å². The molecule has 1 aromatic rings. The summed E-state index contributed by atoms with van der Waals surface area (Å²) in [5, 5.41) is 8.63. The molecule has 2 atom stereocenters. The van der Waals surface area contributed by atoms with Crippen LogP contribution >= 0.6 is 0 Å². The van der Waals surface area contributed by atoms with Gasteiger partial charge in [-0.25, -0.2) is 0 Å². The van der Waals surface area contributed by atoms with Crippen molar-refractivity contribution in [2.45, 2.75) is 51.1 Å². The molecule has 4 nitrogen and oxygen atoms in total. The molecule has 0 bridgehead atoms. The lowest BCUT2D eigenvalue weighted by atomic mass is 10.0. The van der Waals surface area contributed by atoms with Crippen LogP contribution in [0.15, 0.2) is 0 Å². The molecule has 0 spiro atoms. The monoisotopic (exact) mass is 206 g/mol. The molecule has 1 aromatic heterocycles. The minimum atomic E-state index is 0.290. The van der Waals surface area contributed by atoms with Gasteiger partial charge in [0.2, 0.25) is 0 Å². The maximum Gasteiger partial charge on any atom is 0.136 e. The van der Waals surface area contributed by atoms with Crippen LogP contribution in [0.2, 0.25) is 0 Å². The van der Waals surface area contributed by atoms with Crippen LogP contribution in [-0.2, 0) is 13.0 Å². The van der Waals surface area contributed by atoms with Gasteiger partial charge in [0.25, 0.3) is 0 Å². The second-order valence-corrected chi connectivity index (χ2v) is 5.01. The van der Waals surface area contributed by atoms with E-state index < -0.39 is 0 Å². The van der Waals surface area contributed by atoms with E-state index in [1.165, 1.54) is 18.7 Å².